The van der Waals surface area contributed by atoms with Crippen molar-refractivity contribution in [1.82, 2.24) is 20.1 Å². The third-order valence-electron chi connectivity index (χ3n) is 3.34. The summed E-state index contributed by atoms with van der Waals surface area (Å²) in [4.78, 5) is 5.43. The van der Waals surface area contributed by atoms with Gasteiger partial charge < -0.3 is 5.32 Å². The van der Waals surface area contributed by atoms with E-state index in [1.165, 1.54) is 4.88 Å². The van der Waals surface area contributed by atoms with Crippen LogP contribution in [0, 0.1) is 0 Å². The molecule has 2 rings (SSSR count). The van der Waals surface area contributed by atoms with Crippen LogP contribution in [0.25, 0.3) is 0 Å². The van der Waals surface area contributed by atoms with Crippen molar-refractivity contribution in [2.45, 2.75) is 39.2 Å². The number of aromatic nitrogens is 3. The van der Waals surface area contributed by atoms with Crippen LogP contribution in [0.5, 0.6) is 0 Å². The molecule has 110 valence electrons. The second kappa shape index (κ2) is 7.20. The van der Waals surface area contributed by atoms with E-state index in [0.29, 0.717) is 0 Å². The molecule has 2 aromatic heterocycles. The predicted octanol–water partition coefficient (Wildman–Crippen LogP) is 3.38. The summed E-state index contributed by atoms with van der Waals surface area (Å²) in [5.41, 5.74) is 3.94. The lowest BCUT2D eigenvalue weighted by Crippen LogP contribution is -2.24. The van der Waals surface area contributed by atoms with Gasteiger partial charge >= 0.3 is 0 Å². The van der Waals surface area contributed by atoms with Crippen LogP contribution in [0.2, 0.25) is 5.02 Å². The van der Waals surface area contributed by atoms with E-state index in [-0.39, 0.29) is 6.04 Å². The number of thiazole rings is 1. The van der Waals surface area contributed by atoms with Crippen molar-refractivity contribution < 1.29 is 0 Å². The molecule has 0 saturated carbocycles. The van der Waals surface area contributed by atoms with E-state index in [4.69, 9.17) is 11.6 Å². The lowest BCUT2D eigenvalue weighted by Gasteiger charge is -2.17. The minimum atomic E-state index is 0.250. The fourth-order valence-electron chi connectivity index (χ4n) is 2.22. The van der Waals surface area contributed by atoms with Crippen LogP contribution in [0.4, 0.5) is 0 Å². The number of hydrogen-bond acceptors (Lipinski definition) is 4. The molecule has 0 spiro atoms. The maximum absolute atomic E-state index is 6.45. The first-order chi connectivity index (χ1) is 9.67. The number of aryl methyl sites for hydroxylation is 2. The van der Waals surface area contributed by atoms with Gasteiger partial charge in [0.1, 0.15) is 0 Å². The Bertz CT molecular complexity index is 536. The molecule has 0 aliphatic heterocycles. The molecule has 2 heterocycles. The van der Waals surface area contributed by atoms with Crippen molar-refractivity contribution in [2.75, 3.05) is 6.54 Å². The normalized spacial score (nSPS) is 12.8. The van der Waals surface area contributed by atoms with Crippen molar-refractivity contribution in [2.24, 2.45) is 7.05 Å². The molecule has 0 amide bonds. The van der Waals surface area contributed by atoms with Crippen molar-refractivity contribution in [1.29, 1.82) is 0 Å². The molecule has 20 heavy (non-hydrogen) atoms. The molecule has 0 aromatic carbocycles. The Morgan fingerprint density at radius 1 is 1.45 bits per heavy atom. The van der Waals surface area contributed by atoms with Gasteiger partial charge in [-0.2, -0.15) is 5.10 Å². The van der Waals surface area contributed by atoms with E-state index >= 15 is 0 Å². The minimum Gasteiger partial charge on any atom is -0.309 e. The van der Waals surface area contributed by atoms with E-state index < -0.39 is 0 Å². The van der Waals surface area contributed by atoms with Crippen molar-refractivity contribution >= 4 is 22.9 Å². The maximum atomic E-state index is 6.45. The molecule has 0 aliphatic carbocycles. The SMILES string of the molecule is CCCNC(Cc1c(Cl)c(CC)nn1C)c1cncs1. The number of halogens is 1. The molecule has 4 nitrogen and oxygen atoms in total. The predicted molar refractivity (Wildman–Crippen MR) is 84.4 cm³/mol. The highest BCUT2D eigenvalue weighted by Crippen LogP contribution is 2.27. The molecule has 1 atom stereocenters. The average molecular weight is 313 g/mol. The minimum absolute atomic E-state index is 0.250. The van der Waals surface area contributed by atoms with E-state index in [0.717, 1.165) is 42.2 Å². The van der Waals surface area contributed by atoms with Crippen LogP contribution in [0.3, 0.4) is 0 Å². The highest BCUT2D eigenvalue weighted by Gasteiger charge is 2.19. The van der Waals surface area contributed by atoms with Crippen LogP contribution < -0.4 is 5.32 Å². The Morgan fingerprint density at radius 3 is 2.80 bits per heavy atom. The summed E-state index contributed by atoms with van der Waals surface area (Å²) in [6.07, 6.45) is 4.74. The molecular formula is C14H21ClN4S. The molecule has 1 N–H and O–H groups in total. The molecular weight excluding hydrogens is 292 g/mol. The van der Waals surface area contributed by atoms with Gasteiger partial charge in [0.15, 0.2) is 0 Å². The van der Waals surface area contributed by atoms with E-state index in [9.17, 15) is 0 Å². The Balaban J connectivity index is 2.21. The zero-order valence-electron chi connectivity index (χ0n) is 12.2. The Hall–Kier alpha value is -0.910. The summed E-state index contributed by atoms with van der Waals surface area (Å²) in [6, 6.07) is 0.250. The standard InChI is InChI=1S/C14H21ClN4S/c1-4-6-17-11(13-8-16-9-20-13)7-12-14(15)10(5-2)18-19(12)3/h8-9,11,17H,4-7H2,1-3H3. The smallest absolute Gasteiger partial charge is 0.0850 e. The van der Waals surface area contributed by atoms with Gasteiger partial charge in [0, 0.05) is 30.6 Å². The zero-order valence-corrected chi connectivity index (χ0v) is 13.8. The fraction of sp³-hybridized carbons (Fsp3) is 0.571. The fourth-order valence-corrected chi connectivity index (χ4v) is 3.29. The van der Waals surface area contributed by atoms with Crippen molar-refractivity contribution in [3.63, 3.8) is 0 Å². The van der Waals surface area contributed by atoms with Gasteiger partial charge in [-0.25, -0.2) is 0 Å². The summed E-state index contributed by atoms with van der Waals surface area (Å²) in [6.45, 7) is 5.23. The largest absolute Gasteiger partial charge is 0.309 e. The lowest BCUT2D eigenvalue weighted by atomic mass is 10.1. The third kappa shape index (κ3) is 3.40. The summed E-state index contributed by atoms with van der Waals surface area (Å²) >= 11 is 8.12. The van der Waals surface area contributed by atoms with Crippen molar-refractivity contribution in [3.05, 3.63) is 33.0 Å². The van der Waals surface area contributed by atoms with Gasteiger partial charge in [0.25, 0.3) is 0 Å². The van der Waals surface area contributed by atoms with Crippen LogP contribution >= 0.6 is 22.9 Å². The average Bonchev–Trinajstić information content (AvgIpc) is 3.05. The third-order valence-corrected chi connectivity index (χ3v) is 4.66. The highest BCUT2D eigenvalue weighted by atomic mass is 35.5. The van der Waals surface area contributed by atoms with E-state index in [1.54, 1.807) is 11.3 Å². The topological polar surface area (TPSA) is 42.7 Å². The van der Waals surface area contributed by atoms with Gasteiger partial charge in [0.05, 0.1) is 21.9 Å². The first-order valence-electron chi connectivity index (χ1n) is 6.99. The van der Waals surface area contributed by atoms with Crippen LogP contribution in [-0.2, 0) is 19.9 Å². The monoisotopic (exact) mass is 312 g/mol. The second-order valence-electron chi connectivity index (χ2n) is 4.80. The molecule has 6 heteroatoms. The number of nitrogens with one attached hydrogen (secondary N) is 1. The Labute approximate surface area is 129 Å². The molecule has 0 saturated heterocycles. The molecule has 2 aromatic rings. The summed E-state index contributed by atoms with van der Waals surface area (Å²) < 4.78 is 1.91. The zero-order chi connectivity index (χ0) is 14.5. The lowest BCUT2D eigenvalue weighted by molar-refractivity contribution is 0.518. The van der Waals surface area contributed by atoms with Gasteiger partial charge in [-0.1, -0.05) is 25.4 Å². The van der Waals surface area contributed by atoms with E-state index in [2.05, 4.69) is 29.2 Å². The van der Waals surface area contributed by atoms with Gasteiger partial charge in [-0.15, -0.1) is 11.3 Å². The van der Waals surface area contributed by atoms with Crippen LogP contribution in [0.1, 0.15) is 42.6 Å². The van der Waals surface area contributed by atoms with Gasteiger partial charge in [0.2, 0.25) is 0 Å². The Kier molecular flexibility index (Phi) is 5.57. The molecule has 0 radical (unpaired) electrons. The quantitative estimate of drug-likeness (QED) is 0.852. The highest BCUT2D eigenvalue weighted by molar-refractivity contribution is 7.09. The second-order valence-corrected chi connectivity index (χ2v) is 6.10. The summed E-state index contributed by atoms with van der Waals surface area (Å²) in [5, 5.41) is 8.87. The van der Waals surface area contributed by atoms with Crippen LogP contribution in [0.15, 0.2) is 11.7 Å². The number of rotatable bonds is 7. The summed E-state index contributed by atoms with van der Waals surface area (Å²) in [5.74, 6) is 0. The van der Waals surface area contributed by atoms with Gasteiger partial charge in [-0.05, 0) is 19.4 Å². The molecule has 0 fully saturated rings. The summed E-state index contributed by atoms with van der Waals surface area (Å²) in [7, 11) is 1.96. The number of hydrogen-bond donors (Lipinski definition) is 1. The molecule has 0 aliphatic rings. The first-order valence-corrected chi connectivity index (χ1v) is 8.25. The van der Waals surface area contributed by atoms with Crippen molar-refractivity contribution in [3.8, 4) is 0 Å². The van der Waals surface area contributed by atoms with Gasteiger partial charge in [-0.3, -0.25) is 9.67 Å². The van der Waals surface area contributed by atoms with E-state index in [1.807, 2.05) is 23.4 Å². The number of nitrogens with zero attached hydrogens (tertiary/aromatic N) is 3. The Morgan fingerprint density at radius 2 is 2.25 bits per heavy atom. The van der Waals surface area contributed by atoms with Crippen LogP contribution in [-0.4, -0.2) is 21.3 Å². The molecule has 1 unspecified atom stereocenters. The molecule has 0 bridgehead atoms. The first kappa shape index (κ1) is 15.5. The maximum Gasteiger partial charge on any atom is 0.0850 e.